The molecule has 1 aromatic carbocycles. The summed E-state index contributed by atoms with van der Waals surface area (Å²) in [6, 6.07) is 9.94. The smallest absolute Gasteiger partial charge is 0.226 e. The van der Waals surface area contributed by atoms with Gasteiger partial charge in [-0.15, -0.1) is 0 Å². The second kappa shape index (κ2) is 7.94. The molecule has 1 aromatic rings. The molecule has 5 nitrogen and oxygen atoms in total. The molecule has 1 unspecified atom stereocenters. The van der Waals surface area contributed by atoms with Crippen LogP contribution in [0.5, 0.6) is 0 Å². The van der Waals surface area contributed by atoms with E-state index in [0.717, 1.165) is 18.4 Å². The molecule has 0 aliphatic carbocycles. The van der Waals surface area contributed by atoms with E-state index >= 15 is 0 Å². The minimum absolute atomic E-state index is 0.0584. The molecule has 1 saturated heterocycles. The Kier molecular flexibility index (Phi) is 5.95. The molecule has 120 valence electrons. The van der Waals surface area contributed by atoms with Gasteiger partial charge in [-0.25, -0.2) is 0 Å². The van der Waals surface area contributed by atoms with Gasteiger partial charge >= 0.3 is 0 Å². The lowest BCUT2D eigenvalue weighted by molar-refractivity contribution is -0.144. The van der Waals surface area contributed by atoms with Crippen LogP contribution in [0, 0.1) is 5.92 Å². The maximum atomic E-state index is 12.8. The first-order chi connectivity index (χ1) is 10.6. The summed E-state index contributed by atoms with van der Waals surface area (Å²) >= 11 is 0. The van der Waals surface area contributed by atoms with Gasteiger partial charge < -0.3 is 15.5 Å². The summed E-state index contributed by atoms with van der Waals surface area (Å²) < 4.78 is 0. The zero-order valence-corrected chi connectivity index (χ0v) is 13.2. The number of carbonyl (C=O) groups excluding carboxylic acids is 2. The van der Waals surface area contributed by atoms with Gasteiger partial charge in [0.25, 0.3) is 0 Å². The Balaban J connectivity index is 2.04. The Bertz CT molecular complexity index is 504. The molecule has 2 amide bonds. The van der Waals surface area contributed by atoms with Crippen LogP contribution in [-0.2, 0) is 16.1 Å². The number of piperidine rings is 1. The number of nitrogens with two attached hydrogens (primary N) is 1. The van der Waals surface area contributed by atoms with Crippen LogP contribution in [0.4, 0.5) is 0 Å². The number of nitrogens with zero attached hydrogens (tertiary/aromatic N) is 2. The molecular weight excluding hydrogens is 278 g/mol. The van der Waals surface area contributed by atoms with E-state index in [4.69, 9.17) is 5.73 Å². The van der Waals surface area contributed by atoms with Crippen molar-refractivity contribution in [3.63, 3.8) is 0 Å². The second-order valence-electron chi connectivity index (χ2n) is 5.89. The first kappa shape index (κ1) is 16.5. The van der Waals surface area contributed by atoms with Gasteiger partial charge in [-0.3, -0.25) is 9.59 Å². The summed E-state index contributed by atoms with van der Waals surface area (Å²) in [6.07, 6.45) is 1.84. The van der Waals surface area contributed by atoms with Crippen molar-refractivity contribution in [2.24, 2.45) is 11.7 Å². The molecule has 2 N–H and O–H groups in total. The van der Waals surface area contributed by atoms with E-state index in [1.165, 1.54) is 0 Å². The number of likely N-dealkylation sites (tertiary alicyclic amines) is 1. The fourth-order valence-electron chi connectivity index (χ4n) is 2.76. The molecule has 5 heteroatoms. The third-order valence-corrected chi connectivity index (χ3v) is 4.17. The van der Waals surface area contributed by atoms with Gasteiger partial charge in [-0.05, 0) is 24.9 Å². The Morgan fingerprint density at radius 3 is 2.73 bits per heavy atom. The monoisotopic (exact) mass is 303 g/mol. The van der Waals surface area contributed by atoms with Crippen molar-refractivity contribution in [3.8, 4) is 0 Å². The van der Waals surface area contributed by atoms with Crippen LogP contribution < -0.4 is 5.73 Å². The zero-order chi connectivity index (χ0) is 15.9. The van der Waals surface area contributed by atoms with Gasteiger partial charge in [0.1, 0.15) is 0 Å². The van der Waals surface area contributed by atoms with Crippen LogP contribution in [0.25, 0.3) is 0 Å². The molecule has 22 heavy (non-hydrogen) atoms. The van der Waals surface area contributed by atoms with Crippen molar-refractivity contribution in [3.05, 3.63) is 35.9 Å². The summed E-state index contributed by atoms with van der Waals surface area (Å²) in [5.41, 5.74) is 6.69. The molecule has 0 spiro atoms. The minimum Gasteiger partial charge on any atom is -0.346 e. The molecule has 1 fully saturated rings. The van der Waals surface area contributed by atoms with E-state index < -0.39 is 0 Å². The maximum absolute atomic E-state index is 12.8. The zero-order valence-electron chi connectivity index (χ0n) is 13.2. The molecule has 1 atom stereocenters. The lowest BCUT2D eigenvalue weighted by Crippen LogP contribution is -2.44. The molecule has 2 rings (SSSR count). The predicted molar refractivity (Wildman–Crippen MR) is 85.9 cm³/mol. The topological polar surface area (TPSA) is 66.6 Å². The number of benzene rings is 1. The number of carbonyl (C=O) groups is 2. The van der Waals surface area contributed by atoms with Crippen molar-refractivity contribution >= 4 is 11.8 Å². The van der Waals surface area contributed by atoms with Crippen molar-refractivity contribution in [1.29, 1.82) is 0 Å². The molecule has 0 saturated carbocycles. The lowest BCUT2D eigenvalue weighted by Gasteiger charge is -2.32. The molecular formula is C17H25N3O2. The van der Waals surface area contributed by atoms with Crippen LogP contribution >= 0.6 is 0 Å². The highest BCUT2D eigenvalue weighted by molar-refractivity contribution is 5.86. The van der Waals surface area contributed by atoms with Gasteiger partial charge in [0.15, 0.2) is 0 Å². The van der Waals surface area contributed by atoms with Crippen LogP contribution in [0.15, 0.2) is 30.3 Å². The lowest BCUT2D eigenvalue weighted by atomic mass is 9.94. The largest absolute Gasteiger partial charge is 0.346 e. The number of hydrogen-bond donors (Lipinski definition) is 1. The van der Waals surface area contributed by atoms with Crippen molar-refractivity contribution in [2.45, 2.75) is 25.8 Å². The van der Waals surface area contributed by atoms with Gasteiger partial charge in [0, 0.05) is 39.0 Å². The summed E-state index contributed by atoms with van der Waals surface area (Å²) in [7, 11) is 1.79. The van der Waals surface area contributed by atoms with Gasteiger partial charge in [0.05, 0.1) is 0 Å². The first-order valence-corrected chi connectivity index (χ1v) is 7.88. The summed E-state index contributed by atoms with van der Waals surface area (Å²) in [5.74, 6) is -0.0491. The van der Waals surface area contributed by atoms with Crippen molar-refractivity contribution in [2.75, 3.05) is 26.7 Å². The summed E-state index contributed by atoms with van der Waals surface area (Å²) in [4.78, 5) is 28.2. The van der Waals surface area contributed by atoms with Gasteiger partial charge in [0.2, 0.25) is 11.8 Å². The third-order valence-electron chi connectivity index (χ3n) is 4.17. The third kappa shape index (κ3) is 4.31. The number of hydrogen-bond acceptors (Lipinski definition) is 3. The highest BCUT2D eigenvalue weighted by atomic mass is 16.2. The SMILES string of the molecule is CN1CCC(C(=O)N(CCCN)Cc2ccccc2)CC1=O. The van der Waals surface area contributed by atoms with Crippen LogP contribution in [0.2, 0.25) is 0 Å². The quantitative estimate of drug-likeness (QED) is 0.859. The van der Waals surface area contributed by atoms with Crippen LogP contribution in [0.3, 0.4) is 0 Å². The van der Waals surface area contributed by atoms with E-state index in [1.807, 2.05) is 35.2 Å². The molecule has 0 aromatic heterocycles. The maximum Gasteiger partial charge on any atom is 0.226 e. The molecule has 1 aliphatic rings. The molecule has 0 radical (unpaired) electrons. The van der Waals surface area contributed by atoms with Crippen molar-refractivity contribution < 1.29 is 9.59 Å². The second-order valence-corrected chi connectivity index (χ2v) is 5.89. The molecule has 1 heterocycles. The Labute approximate surface area is 132 Å². The fourth-order valence-corrected chi connectivity index (χ4v) is 2.76. The molecule has 1 aliphatic heterocycles. The highest BCUT2D eigenvalue weighted by Crippen LogP contribution is 2.21. The van der Waals surface area contributed by atoms with E-state index in [2.05, 4.69) is 0 Å². The average molecular weight is 303 g/mol. The van der Waals surface area contributed by atoms with Gasteiger partial charge in [-0.2, -0.15) is 0 Å². The number of rotatable bonds is 6. The summed E-state index contributed by atoms with van der Waals surface area (Å²) in [6.45, 7) is 2.45. The first-order valence-electron chi connectivity index (χ1n) is 7.88. The molecule has 0 bridgehead atoms. The van der Waals surface area contributed by atoms with E-state index in [1.54, 1.807) is 11.9 Å². The highest BCUT2D eigenvalue weighted by Gasteiger charge is 2.31. The normalized spacial score (nSPS) is 18.4. The van der Waals surface area contributed by atoms with Crippen LogP contribution in [0.1, 0.15) is 24.8 Å². The van der Waals surface area contributed by atoms with Crippen molar-refractivity contribution in [1.82, 2.24) is 9.80 Å². The predicted octanol–water partition coefficient (Wildman–Crippen LogP) is 1.23. The number of amides is 2. The Morgan fingerprint density at radius 1 is 1.36 bits per heavy atom. The van der Waals surface area contributed by atoms with E-state index in [-0.39, 0.29) is 17.7 Å². The summed E-state index contributed by atoms with van der Waals surface area (Å²) in [5, 5.41) is 0. The van der Waals surface area contributed by atoms with E-state index in [0.29, 0.717) is 32.6 Å². The fraction of sp³-hybridized carbons (Fsp3) is 0.529. The Hall–Kier alpha value is -1.88. The van der Waals surface area contributed by atoms with Gasteiger partial charge in [-0.1, -0.05) is 30.3 Å². The minimum atomic E-state index is -0.190. The standard InChI is InChI=1S/C17H25N3O2/c1-19-11-8-15(12-16(19)21)17(22)20(10-5-9-18)13-14-6-3-2-4-7-14/h2-4,6-7,15H,5,8-13,18H2,1H3. The van der Waals surface area contributed by atoms with Crippen LogP contribution in [-0.4, -0.2) is 48.3 Å². The average Bonchev–Trinajstić information content (AvgIpc) is 2.54. The Morgan fingerprint density at radius 2 is 2.09 bits per heavy atom. The van der Waals surface area contributed by atoms with E-state index in [9.17, 15) is 9.59 Å².